The Morgan fingerprint density at radius 1 is 1.11 bits per heavy atom. The fraction of sp³-hybridized carbons (Fsp3) is 0.857. The Labute approximate surface area is 114 Å². The molecule has 1 atom stereocenters. The molecule has 2 N–H and O–H groups in total. The standard InChI is InChI=1S/C14H23N3O2/c18-12-14(7-3-1-4-8-14)16-13(19)17(12)10-11-6-2-5-9-15-11/h11,15H,1-10H2,(H,16,19). The van der Waals surface area contributed by atoms with Gasteiger partial charge in [-0.2, -0.15) is 0 Å². The third kappa shape index (κ3) is 2.36. The first kappa shape index (κ1) is 12.9. The highest BCUT2D eigenvalue weighted by atomic mass is 16.2. The van der Waals surface area contributed by atoms with Crippen molar-refractivity contribution in [1.29, 1.82) is 0 Å². The van der Waals surface area contributed by atoms with Crippen LogP contribution in [0.5, 0.6) is 0 Å². The molecule has 0 aromatic heterocycles. The Balaban J connectivity index is 1.68. The summed E-state index contributed by atoms with van der Waals surface area (Å²) in [6.45, 7) is 1.53. The van der Waals surface area contributed by atoms with Crippen molar-refractivity contribution in [2.45, 2.75) is 62.9 Å². The van der Waals surface area contributed by atoms with Crippen LogP contribution in [0, 0.1) is 0 Å². The van der Waals surface area contributed by atoms with Gasteiger partial charge >= 0.3 is 6.03 Å². The number of piperidine rings is 1. The third-order valence-electron chi connectivity index (χ3n) is 4.77. The molecular weight excluding hydrogens is 242 g/mol. The molecular formula is C14H23N3O2. The Morgan fingerprint density at radius 2 is 1.89 bits per heavy atom. The van der Waals surface area contributed by atoms with Crippen molar-refractivity contribution >= 4 is 11.9 Å². The molecule has 2 aliphatic heterocycles. The van der Waals surface area contributed by atoms with Crippen LogP contribution in [0.3, 0.4) is 0 Å². The second-order valence-corrected chi connectivity index (χ2v) is 6.14. The van der Waals surface area contributed by atoms with E-state index in [1.165, 1.54) is 24.2 Å². The normalized spacial score (nSPS) is 30.7. The van der Waals surface area contributed by atoms with Crippen LogP contribution in [0.2, 0.25) is 0 Å². The Bertz CT molecular complexity index is 371. The van der Waals surface area contributed by atoms with Crippen LogP contribution in [0.4, 0.5) is 4.79 Å². The molecule has 0 aromatic rings. The number of nitrogens with zero attached hydrogens (tertiary/aromatic N) is 1. The number of imide groups is 1. The van der Waals surface area contributed by atoms with Gasteiger partial charge in [0.1, 0.15) is 5.54 Å². The molecule has 1 unspecified atom stereocenters. The van der Waals surface area contributed by atoms with E-state index in [4.69, 9.17) is 0 Å². The maximum absolute atomic E-state index is 12.6. The quantitative estimate of drug-likeness (QED) is 0.742. The summed E-state index contributed by atoms with van der Waals surface area (Å²) in [5.74, 6) is 0.0181. The molecule has 0 bridgehead atoms. The summed E-state index contributed by atoms with van der Waals surface area (Å²) in [6.07, 6.45) is 8.33. The van der Waals surface area contributed by atoms with Gasteiger partial charge in [-0.15, -0.1) is 0 Å². The lowest BCUT2D eigenvalue weighted by atomic mass is 9.81. The molecule has 0 aromatic carbocycles. The summed E-state index contributed by atoms with van der Waals surface area (Å²) in [4.78, 5) is 26.1. The van der Waals surface area contributed by atoms with Gasteiger partial charge in [0, 0.05) is 12.6 Å². The zero-order chi connectivity index (χ0) is 13.3. The highest BCUT2D eigenvalue weighted by Gasteiger charge is 2.51. The smallest absolute Gasteiger partial charge is 0.323 e. The van der Waals surface area contributed by atoms with Crippen molar-refractivity contribution in [3.05, 3.63) is 0 Å². The average Bonchev–Trinajstić information content (AvgIpc) is 2.66. The van der Waals surface area contributed by atoms with Gasteiger partial charge in [-0.1, -0.05) is 25.7 Å². The first-order chi connectivity index (χ1) is 9.21. The average molecular weight is 265 g/mol. The highest BCUT2D eigenvalue weighted by Crippen LogP contribution is 2.33. The van der Waals surface area contributed by atoms with E-state index in [1.54, 1.807) is 0 Å². The van der Waals surface area contributed by atoms with E-state index in [9.17, 15) is 9.59 Å². The predicted octanol–water partition coefficient (Wildman–Crippen LogP) is 1.38. The first-order valence-electron chi connectivity index (χ1n) is 7.59. The van der Waals surface area contributed by atoms with Crippen molar-refractivity contribution in [3.63, 3.8) is 0 Å². The molecule has 3 aliphatic rings. The largest absolute Gasteiger partial charge is 0.325 e. The van der Waals surface area contributed by atoms with E-state index in [2.05, 4.69) is 10.6 Å². The third-order valence-corrected chi connectivity index (χ3v) is 4.77. The van der Waals surface area contributed by atoms with E-state index in [-0.39, 0.29) is 18.0 Å². The zero-order valence-corrected chi connectivity index (χ0v) is 11.4. The Morgan fingerprint density at radius 3 is 2.58 bits per heavy atom. The molecule has 5 heteroatoms. The molecule has 3 amide bonds. The van der Waals surface area contributed by atoms with Crippen LogP contribution in [0.15, 0.2) is 0 Å². The fourth-order valence-electron chi connectivity index (χ4n) is 3.64. The summed E-state index contributed by atoms with van der Waals surface area (Å²) in [7, 11) is 0. The summed E-state index contributed by atoms with van der Waals surface area (Å²) in [5.41, 5.74) is -0.565. The van der Waals surface area contributed by atoms with Crippen LogP contribution < -0.4 is 10.6 Å². The van der Waals surface area contributed by atoms with E-state index in [1.807, 2.05) is 0 Å². The molecule has 1 spiro atoms. The van der Waals surface area contributed by atoms with Crippen LogP contribution in [0.1, 0.15) is 51.4 Å². The first-order valence-corrected chi connectivity index (χ1v) is 7.59. The summed E-state index contributed by atoms with van der Waals surface area (Å²) < 4.78 is 0. The number of amides is 3. The van der Waals surface area contributed by atoms with Crippen molar-refractivity contribution in [3.8, 4) is 0 Å². The molecule has 2 heterocycles. The minimum Gasteiger partial charge on any atom is -0.323 e. The van der Waals surface area contributed by atoms with Gasteiger partial charge in [-0.3, -0.25) is 9.69 Å². The summed E-state index contributed by atoms with van der Waals surface area (Å²) in [6, 6.07) is 0.0986. The maximum Gasteiger partial charge on any atom is 0.325 e. The molecule has 19 heavy (non-hydrogen) atoms. The predicted molar refractivity (Wildman–Crippen MR) is 71.7 cm³/mol. The van der Waals surface area contributed by atoms with Crippen LogP contribution in [0.25, 0.3) is 0 Å². The molecule has 0 radical (unpaired) electrons. The van der Waals surface area contributed by atoms with E-state index in [0.717, 1.165) is 38.6 Å². The number of carbonyl (C=O) groups is 2. The van der Waals surface area contributed by atoms with Gasteiger partial charge < -0.3 is 10.6 Å². The highest BCUT2D eigenvalue weighted by molar-refractivity contribution is 6.07. The van der Waals surface area contributed by atoms with Gasteiger partial charge in [0.05, 0.1) is 0 Å². The van der Waals surface area contributed by atoms with Gasteiger partial charge in [-0.05, 0) is 32.2 Å². The van der Waals surface area contributed by atoms with Gasteiger partial charge in [0.2, 0.25) is 0 Å². The van der Waals surface area contributed by atoms with E-state index < -0.39 is 5.54 Å². The summed E-state index contributed by atoms with van der Waals surface area (Å²) in [5, 5.41) is 6.37. The van der Waals surface area contributed by atoms with Gasteiger partial charge in [-0.25, -0.2) is 4.79 Å². The second-order valence-electron chi connectivity index (χ2n) is 6.14. The number of hydrogen-bond donors (Lipinski definition) is 2. The van der Waals surface area contributed by atoms with Gasteiger partial charge in [0.15, 0.2) is 0 Å². The zero-order valence-electron chi connectivity index (χ0n) is 11.4. The van der Waals surface area contributed by atoms with Crippen molar-refractivity contribution in [2.75, 3.05) is 13.1 Å². The molecule has 1 saturated carbocycles. The number of rotatable bonds is 2. The summed E-state index contributed by atoms with van der Waals surface area (Å²) >= 11 is 0. The lowest BCUT2D eigenvalue weighted by Crippen LogP contribution is -2.49. The topological polar surface area (TPSA) is 61.4 Å². The molecule has 5 nitrogen and oxygen atoms in total. The molecule has 3 rings (SSSR count). The van der Waals surface area contributed by atoms with Crippen molar-refractivity contribution in [1.82, 2.24) is 15.5 Å². The Hall–Kier alpha value is -1.10. The second kappa shape index (κ2) is 5.12. The monoisotopic (exact) mass is 265 g/mol. The molecule has 106 valence electrons. The minimum absolute atomic E-state index is 0.0181. The SMILES string of the molecule is O=C1NC2(CCCCC2)C(=O)N1CC1CCCCN1. The van der Waals surface area contributed by atoms with Gasteiger partial charge in [0.25, 0.3) is 5.91 Å². The fourth-order valence-corrected chi connectivity index (χ4v) is 3.64. The minimum atomic E-state index is -0.565. The molecule has 1 aliphatic carbocycles. The number of carbonyl (C=O) groups excluding carboxylic acids is 2. The van der Waals surface area contributed by atoms with Crippen LogP contribution in [-0.4, -0.2) is 41.5 Å². The van der Waals surface area contributed by atoms with Crippen molar-refractivity contribution in [2.24, 2.45) is 0 Å². The lowest BCUT2D eigenvalue weighted by molar-refractivity contribution is -0.132. The Kier molecular flexibility index (Phi) is 3.48. The number of urea groups is 1. The lowest BCUT2D eigenvalue weighted by Gasteiger charge is -2.31. The van der Waals surface area contributed by atoms with Crippen molar-refractivity contribution < 1.29 is 9.59 Å². The maximum atomic E-state index is 12.6. The van der Waals surface area contributed by atoms with Crippen LogP contribution >= 0.6 is 0 Å². The van der Waals surface area contributed by atoms with Crippen LogP contribution in [-0.2, 0) is 4.79 Å². The molecule has 3 fully saturated rings. The number of nitrogens with one attached hydrogen (secondary N) is 2. The van der Waals surface area contributed by atoms with E-state index >= 15 is 0 Å². The number of hydrogen-bond acceptors (Lipinski definition) is 3. The van der Waals surface area contributed by atoms with E-state index in [0.29, 0.717) is 6.54 Å². The molecule has 2 saturated heterocycles.